The van der Waals surface area contributed by atoms with Gasteiger partial charge in [0.1, 0.15) is 12.7 Å². The molecule has 1 N–H and O–H groups in total. The molecule has 0 aliphatic heterocycles. The van der Waals surface area contributed by atoms with Crippen LogP contribution in [0.5, 0.6) is 0 Å². The second-order valence-corrected chi connectivity index (χ2v) is 6.55. The van der Waals surface area contributed by atoms with E-state index in [0.29, 0.717) is 5.56 Å². The first-order valence-electron chi connectivity index (χ1n) is 9.57. The summed E-state index contributed by atoms with van der Waals surface area (Å²) in [6, 6.07) is 26.5. The monoisotopic (exact) mass is 401 g/mol. The smallest absolute Gasteiger partial charge is 0.408 e. The number of esters is 1. The van der Waals surface area contributed by atoms with Crippen molar-refractivity contribution in [3.8, 4) is 0 Å². The van der Waals surface area contributed by atoms with Crippen molar-refractivity contribution in [2.24, 2.45) is 0 Å². The van der Waals surface area contributed by atoms with Crippen LogP contribution in [0.4, 0.5) is 4.79 Å². The van der Waals surface area contributed by atoms with Gasteiger partial charge in [0.2, 0.25) is 0 Å². The molecular weight excluding hydrogens is 378 g/mol. The molecule has 1 unspecified atom stereocenters. The van der Waals surface area contributed by atoms with Crippen molar-refractivity contribution in [2.75, 3.05) is 0 Å². The molecule has 3 rings (SSSR count). The summed E-state index contributed by atoms with van der Waals surface area (Å²) in [7, 11) is 0. The molecule has 5 heteroatoms. The van der Waals surface area contributed by atoms with E-state index in [-0.39, 0.29) is 6.61 Å². The van der Waals surface area contributed by atoms with E-state index in [1.54, 1.807) is 30.3 Å². The number of rotatable bonds is 8. The van der Waals surface area contributed by atoms with E-state index in [2.05, 4.69) is 11.9 Å². The van der Waals surface area contributed by atoms with Gasteiger partial charge in [0.05, 0.1) is 0 Å². The third-order valence-electron chi connectivity index (χ3n) is 4.43. The van der Waals surface area contributed by atoms with Crippen molar-refractivity contribution in [2.45, 2.75) is 18.8 Å². The normalized spacial score (nSPS) is 12.3. The molecule has 5 nitrogen and oxygen atoms in total. The van der Waals surface area contributed by atoms with E-state index >= 15 is 0 Å². The Morgan fingerprint density at radius 2 is 1.37 bits per heavy atom. The Bertz CT molecular complexity index is 958. The molecule has 0 aliphatic carbocycles. The van der Waals surface area contributed by atoms with Crippen molar-refractivity contribution >= 4 is 12.1 Å². The van der Waals surface area contributed by atoms with Crippen LogP contribution in [0.3, 0.4) is 0 Å². The van der Waals surface area contributed by atoms with Crippen LogP contribution in [-0.4, -0.2) is 12.1 Å². The van der Waals surface area contributed by atoms with Gasteiger partial charge in [0, 0.05) is 0 Å². The maximum Gasteiger partial charge on any atom is 0.408 e. The lowest BCUT2D eigenvalue weighted by Gasteiger charge is -2.21. The van der Waals surface area contributed by atoms with Gasteiger partial charge < -0.3 is 14.8 Å². The molecule has 152 valence electrons. The van der Waals surface area contributed by atoms with Gasteiger partial charge in [0.15, 0.2) is 6.04 Å². The predicted molar refractivity (Wildman–Crippen MR) is 114 cm³/mol. The van der Waals surface area contributed by atoms with Gasteiger partial charge in [-0.15, -0.1) is 0 Å². The molecule has 0 radical (unpaired) electrons. The first kappa shape index (κ1) is 20.9. The lowest BCUT2D eigenvalue weighted by Crippen LogP contribution is -2.35. The highest BCUT2D eigenvalue weighted by Crippen LogP contribution is 2.23. The molecule has 30 heavy (non-hydrogen) atoms. The average molecular weight is 401 g/mol. The number of benzene rings is 3. The molecule has 0 fully saturated rings. The summed E-state index contributed by atoms with van der Waals surface area (Å²) in [4.78, 5) is 25.3. The Hall–Kier alpha value is -3.86. The standard InChI is InChI=1S/C25H23NO4/c1-2-22(20-14-8-4-9-15-20)30-24(27)23(21-16-10-5-11-17-21)26-25(28)29-18-19-12-6-3-7-13-19/h2-17,22-23H,1,18H2,(H,26,28)/t22-,23?/m1/s1. The molecule has 1 amide bonds. The number of nitrogens with one attached hydrogen (secondary N) is 1. The lowest BCUT2D eigenvalue weighted by molar-refractivity contribution is -0.149. The molecular formula is C25H23NO4. The molecule has 0 aliphatic rings. The Labute approximate surface area is 176 Å². The first-order chi connectivity index (χ1) is 14.7. The summed E-state index contributed by atoms with van der Waals surface area (Å²) >= 11 is 0. The van der Waals surface area contributed by atoms with Crippen LogP contribution in [0.25, 0.3) is 0 Å². The second-order valence-electron chi connectivity index (χ2n) is 6.55. The van der Waals surface area contributed by atoms with E-state index < -0.39 is 24.2 Å². The maximum absolute atomic E-state index is 13.0. The SMILES string of the molecule is C=C[C@@H](OC(=O)C(NC(=O)OCc1ccccc1)c1ccccc1)c1ccccc1. The van der Waals surface area contributed by atoms with Gasteiger partial charge in [-0.2, -0.15) is 0 Å². The lowest BCUT2D eigenvalue weighted by atomic mass is 10.1. The van der Waals surface area contributed by atoms with Gasteiger partial charge in [-0.3, -0.25) is 0 Å². The van der Waals surface area contributed by atoms with Gasteiger partial charge in [0.25, 0.3) is 0 Å². The van der Waals surface area contributed by atoms with Gasteiger partial charge >= 0.3 is 12.1 Å². The molecule has 3 aromatic carbocycles. The van der Waals surface area contributed by atoms with Gasteiger partial charge in [-0.25, -0.2) is 9.59 Å². The number of hydrogen-bond donors (Lipinski definition) is 1. The van der Waals surface area contributed by atoms with E-state index in [1.807, 2.05) is 66.7 Å². The van der Waals surface area contributed by atoms with Crippen LogP contribution < -0.4 is 5.32 Å². The largest absolute Gasteiger partial charge is 0.451 e. The molecule has 2 atom stereocenters. The van der Waals surface area contributed by atoms with Gasteiger partial charge in [-0.05, 0) is 22.8 Å². The molecule has 0 heterocycles. The fraction of sp³-hybridized carbons (Fsp3) is 0.120. The topological polar surface area (TPSA) is 64.6 Å². The molecule has 3 aromatic rings. The Morgan fingerprint density at radius 1 is 0.833 bits per heavy atom. The number of hydrogen-bond acceptors (Lipinski definition) is 4. The minimum absolute atomic E-state index is 0.0997. The summed E-state index contributed by atoms with van der Waals surface area (Å²) in [5, 5.41) is 2.61. The van der Waals surface area contributed by atoms with E-state index in [9.17, 15) is 9.59 Å². The van der Waals surface area contributed by atoms with Crippen molar-refractivity contribution in [1.29, 1.82) is 0 Å². The van der Waals surface area contributed by atoms with E-state index in [4.69, 9.17) is 9.47 Å². The number of amides is 1. The average Bonchev–Trinajstić information content (AvgIpc) is 2.81. The van der Waals surface area contributed by atoms with Crippen LogP contribution >= 0.6 is 0 Å². The zero-order valence-corrected chi connectivity index (χ0v) is 16.4. The van der Waals surface area contributed by atoms with E-state index in [1.165, 1.54) is 0 Å². The van der Waals surface area contributed by atoms with Crippen molar-refractivity contribution in [3.63, 3.8) is 0 Å². The highest BCUT2D eigenvalue weighted by Gasteiger charge is 2.27. The minimum Gasteiger partial charge on any atom is -0.451 e. The number of carbonyl (C=O) groups excluding carboxylic acids is 2. The highest BCUT2D eigenvalue weighted by atomic mass is 16.6. The maximum atomic E-state index is 13.0. The molecule has 0 bridgehead atoms. The quantitative estimate of drug-likeness (QED) is 0.420. The van der Waals surface area contributed by atoms with Crippen molar-refractivity contribution < 1.29 is 19.1 Å². The highest BCUT2D eigenvalue weighted by molar-refractivity contribution is 5.83. The van der Waals surface area contributed by atoms with Crippen LogP contribution in [0, 0.1) is 0 Å². The Kier molecular flexibility index (Phi) is 7.39. The zero-order chi connectivity index (χ0) is 21.2. The van der Waals surface area contributed by atoms with Crippen LogP contribution in [-0.2, 0) is 20.9 Å². The summed E-state index contributed by atoms with van der Waals surface area (Å²) < 4.78 is 10.9. The fourth-order valence-electron chi connectivity index (χ4n) is 2.89. The summed E-state index contributed by atoms with van der Waals surface area (Å²) in [6.45, 7) is 3.86. The molecule has 0 saturated carbocycles. The third kappa shape index (κ3) is 5.82. The molecule has 0 aromatic heterocycles. The number of carbonyl (C=O) groups is 2. The molecule has 0 saturated heterocycles. The van der Waals surface area contributed by atoms with Crippen LogP contribution in [0.15, 0.2) is 104 Å². The number of ether oxygens (including phenoxy) is 2. The Morgan fingerprint density at radius 3 is 1.93 bits per heavy atom. The predicted octanol–water partition coefficient (Wildman–Crippen LogP) is 5.12. The Balaban J connectivity index is 1.71. The number of alkyl carbamates (subject to hydrolysis) is 1. The second kappa shape index (κ2) is 10.6. The van der Waals surface area contributed by atoms with Crippen LogP contribution in [0.1, 0.15) is 28.8 Å². The summed E-state index contributed by atoms with van der Waals surface area (Å²) in [5.74, 6) is -0.605. The van der Waals surface area contributed by atoms with Gasteiger partial charge in [-0.1, -0.05) is 97.6 Å². The third-order valence-corrected chi connectivity index (χ3v) is 4.43. The molecule has 0 spiro atoms. The first-order valence-corrected chi connectivity index (χ1v) is 9.57. The fourth-order valence-corrected chi connectivity index (χ4v) is 2.89. The van der Waals surface area contributed by atoms with Crippen LogP contribution in [0.2, 0.25) is 0 Å². The van der Waals surface area contributed by atoms with E-state index in [0.717, 1.165) is 11.1 Å². The van der Waals surface area contributed by atoms with Crippen molar-refractivity contribution in [1.82, 2.24) is 5.32 Å². The van der Waals surface area contributed by atoms with Crippen molar-refractivity contribution in [3.05, 3.63) is 120 Å². The summed E-state index contributed by atoms with van der Waals surface area (Å²) in [6.07, 6.45) is 0.204. The minimum atomic E-state index is -1.01. The summed E-state index contributed by atoms with van der Waals surface area (Å²) in [5.41, 5.74) is 2.23. The zero-order valence-electron chi connectivity index (χ0n) is 16.4.